The summed E-state index contributed by atoms with van der Waals surface area (Å²) < 4.78 is 3.28. The van der Waals surface area contributed by atoms with Gasteiger partial charge >= 0.3 is 5.97 Å². The first-order chi connectivity index (χ1) is 17.0. The number of carbonyl (C=O) groups is 1. The summed E-state index contributed by atoms with van der Waals surface area (Å²) in [5.74, 6) is -0.372. The summed E-state index contributed by atoms with van der Waals surface area (Å²) in [5.41, 5.74) is 5.22. The molecule has 5 rings (SSSR count). The predicted molar refractivity (Wildman–Crippen MR) is 131 cm³/mol. The maximum absolute atomic E-state index is 13.4. The van der Waals surface area contributed by atoms with Gasteiger partial charge < -0.3 is 5.11 Å². The topological polar surface area (TPSA) is 119 Å². The van der Waals surface area contributed by atoms with Gasteiger partial charge in [-0.3, -0.25) is 9.48 Å². The van der Waals surface area contributed by atoms with Gasteiger partial charge in [0, 0.05) is 23.2 Å². The van der Waals surface area contributed by atoms with Gasteiger partial charge in [-0.05, 0) is 40.5 Å². The average Bonchev–Trinajstić information content (AvgIpc) is 3.49. The number of aromatic nitrogens is 6. The zero-order chi connectivity index (χ0) is 24.5. The molecule has 3 heterocycles. The lowest BCUT2D eigenvalue weighted by atomic mass is 9.96. The van der Waals surface area contributed by atoms with E-state index in [1.807, 2.05) is 62.4 Å². The van der Waals surface area contributed by atoms with E-state index in [4.69, 9.17) is 0 Å². The quantitative estimate of drug-likeness (QED) is 0.397. The van der Waals surface area contributed by atoms with Crippen molar-refractivity contribution in [2.45, 2.75) is 45.2 Å². The lowest BCUT2D eigenvalue weighted by molar-refractivity contribution is -0.140. The van der Waals surface area contributed by atoms with Crippen LogP contribution in [0, 0.1) is 0 Å². The van der Waals surface area contributed by atoms with Crippen molar-refractivity contribution in [1.29, 1.82) is 0 Å². The number of carboxylic acids is 1. The van der Waals surface area contributed by atoms with E-state index in [1.54, 1.807) is 21.5 Å². The highest BCUT2D eigenvalue weighted by Gasteiger charge is 2.31. The molecule has 2 aromatic heterocycles. The molecule has 4 aromatic rings. The van der Waals surface area contributed by atoms with E-state index in [-0.39, 0.29) is 11.6 Å². The van der Waals surface area contributed by atoms with Crippen LogP contribution in [0.15, 0.2) is 65.5 Å². The van der Waals surface area contributed by atoms with Gasteiger partial charge in [-0.15, -0.1) is 5.10 Å². The summed E-state index contributed by atoms with van der Waals surface area (Å²) in [6.07, 6.45) is 5.35. The Balaban J connectivity index is 1.52. The fourth-order valence-corrected chi connectivity index (χ4v) is 4.83. The minimum absolute atomic E-state index is 0.121. The summed E-state index contributed by atoms with van der Waals surface area (Å²) in [7, 11) is 0. The zero-order valence-electron chi connectivity index (χ0n) is 19.5. The molecule has 0 saturated carbocycles. The van der Waals surface area contributed by atoms with Crippen molar-refractivity contribution in [1.82, 2.24) is 30.0 Å². The van der Waals surface area contributed by atoms with Gasteiger partial charge in [0.1, 0.15) is 0 Å². The van der Waals surface area contributed by atoms with Crippen LogP contribution in [0.2, 0.25) is 0 Å². The highest BCUT2D eigenvalue weighted by molar-refractivity contribution is 5.80. The Morgan fingerprint density at radius 1 is 1.06 bits per heavy atom. The highest BCUT2D eigenvalue weighted by atomic mass is 16.4. The van der Waals surface area contributed by atoms with Crippen LogP contribution in [-0.2, 0) is 17.6 Å². The van der Waals surface area contributed by atoms with Crippen molar-refractivity contribution in [3.8, 4) is 22.5 Å². The van der Waals surface area contributed by atoms with E-state index in [9.17, 15) is 14.7 Å². The molecule has 1 aliphatic rings. The number of aromatic amines is 1. The number of allylic oxidation sites excluding steroid dienone is 1. The van der Waals surface area contributed by atoms with Crippen LogP contribution < -0.4 is 5.56 Å². The number of hydrogen-bond donors (Lipinski definition) is 2. The number of fused-ring (bicyclic) bond motifs is 1. The smallest absolute Gasteiger partial charge is 0.332 e. The van der Waals surface area contributed by atoms with Crippen LogP contribution in [0.1, 0.15) is 49.2 Å². The van der Waals surface area contributed by atoms with Crippen molar-refractivity contribution in [3.63, 3.8) is 0 Å². The molecular weight excluding hydrogens is 444 g/mol. The SMILES string of the molecule is CCCc1c(Cc2ccc(-c3ccccc3-c3nnn[nH]3)cc2)c(=O)n2n1C(C(=O)O)C=CC2C. The molecule has 9 heteroatoms. The number of hydrogen-bond acceptors (Lipinski definition) is 5. The number of nitrogens with zero attached hydrogens (tertiary/aromatic N) is 5. The molecule has 35 heavy (non-hydrogen) atoms. The monoisotopic (exact) mass is 470 g/mol. The average molecular weight is 471 g/mol. The standard InChI is InChI=1S/C26H26N6O3/c1-3-6-22-21(25(33)31-16(2)9-14-23(26(34)35)32(22)31)15-17-10-12-18(13-11-17)19-7-4-5-8-20(19)24-27-29-30-28-24/h4-5,7-14,16,23H,3,6,15H2,1-2H3,(H,34,35)(H,27,28,29,30). The summed E-state index contributed by atoms with van der Waals surface area (Å²) >= 11 is 0. The molecule has 178 valence electrons. The third-order valence-corrected chi connectivity index (χ3v) is 6.46. The van der Waals surface area contributed by atoms with E-state index < -0.39 is 12.0 Å². The van der Waals surface area contributed by atoms with E-state index >= 15 is 0 Å². The Morgan fingerprint density at radius 3 is 2.46 bits per heavy atom. The number of nitrogens with one attached hydrogen (secondary N) is 1. The summed E-state index contributed by atoms with van der Waals surface area (Å²) in [4.78, 5) is 25.4. The molecule has 2 N–H and O–H groups in total. The zero-order valence-corrected chi connectivity index (χ0v) is 19.5. The third-order valence-electron chi connectivity index (χ3n) is 6.46. The molecule has 2 unspecified atom stereocenters. The maximum atomic E-state index is 13.4. The highest BCUT2D eigenvalue weighted by Crippen LogP contribution is 2.31. The van der Waals surface area contributed by atoms with Crippen molar-refractivity contribution in [3.05, 3.63) is 87.9 Å². The van der Waals surface area contributed by atoms with Gasteiger partial charge in [-0.25, -0.2) is 14.6 Å². The first kappa shape index (κ1) is 22.5. The minimum Gasteiger partial charge on any atom is -0.479 e. The second-order valence-corrected chi connectivity index (χ2v) is 8.75. The van der Waals surface area contributed by atoms with E-state index in [2.05, 4.69) is 20.6 Å². The first-order valence-corrected chi connectivity index (χ1v) is 11.7. The van der Waals surface area contributed by atoms with E-state index in [0.717, 1.165) is 34.4 Å². The number of rotatable bonds is 7. The van der Waals surface area contributed by atoms with Crippen LogP contribution in [-0.4, -0.2) is 41.1 Å². The lowest BCUT2D eigenvalue weighted by Crippen LogP contribution is -2.34. The number of H-pyrrole nitrogens is 1. The number of benzene rings is 2. The Hall–Kier alpha value is -4.27. The fraction of sp³-hybridized carbons (Fsp3) is 0.269. The van der Waals surface area contributed by atoms with Gasteiger partial charge in [0.25, 0.3) is 5.56 Å². The summed E-state index contributed by atoms with van der Waals surface area (Å²) in [6, 6.07) is 14.9. The van der Waals surface area contributed by atoms with Crippen molar-refractivity contribution >= 4 is 5.97 Å². The van der Waals surface area contributed by atoms with Crippen molar-refractivity contribution < 1.29 is 9.90 Å². The number of aliphatic carboxylic acids is 1. The Morgan fingerprint density at radius 2 is 1.80 bits per heavy atom. The molecule has 1 aliphatic heterocycles. The van der Waals surface area contributed by atoms with Crippen molar-refractivity contribution in [2.24, 2.45) is 0 Å². The minimum atomic E-state index is -0.967. The molecule has 2 atom stereocenters. The normalized spacial score (nSPS) is 16.9. The van der Waals surface area contributed by atoms with Crippen LogP contribution in [0.3, 0.4) is 0 Å². The second-order valence-electron chi connectivity index (χ2n) is 8.75. The Bertz CT molecular complexity index is 1450. The molecule has 0 radical (unpaired) electrons. The Kier molecular flexibility index (Phi) is 5.90. The second kappa shape index (κ2) is 9.17. The van der Waals surface area contributed by atoms with Crippen LogP contribution in [0.4, 0.5) is 0 Å². The van der Waals surface area contributed by atoms with Gasteiger partial charge in [0.05, 0.1) is 6.04 Å². The molecule has 0 bridgehead atoms. The molecule has 2 aromatic carbocycles. The first-order valence-electron chi connectivity index (χ1n) is 11.7. The largest absolute Gasteiger partial charge is 0.479 e. The molecule has 0 saturated heterocycles. The fourth-order valence-electron chi connectivity index (χ4n) is 4.83. The molecule has 0 aliphatic carbocycles. The predicted octanol–water partition coefficient (Wildman–Crippen LogP) is 3.80. The molecule has 0 amide bonds. The number of tetrazole rings is 1. The Labute approximate surface area is 201 Å². The molecule has 9 nitrogen and oxygen atoms in total. The van der Waals surface area contributed by atoms with Gasteiger partial charge in [-0.1, -0.05) is 74.0 Å². The third kappa shape index (κ3) is 3.99. The summed E-state index contributed by atoms with van der Waals surface area (Å²) in [6.45, 7) is 3.94. The van der Waals surface area contributed by atoms with Gasteiger partial charge in [0.15, 0.2) is 11.9 Å². The summed E-state index contributed by atoms with van der Waals surface area (Å²) in [5, 5.41) is 24.0. The molecular formula is C26H26N6O3. The van der Waals surface area contributed by atoms with Crippen LogP contribution in [0.25, 0.3) is 22.5 Å². The van der Waals surface area contributed by atoms with E-state index in [0.29, 0.717) is 24.2 Å². The number of carboxylic acid groups (broad SMARTS) is 1. The maximum Gasteiger partial charge on any atom is 0.332 e. The van der Waals surface area contributed by atoms with Crippen LogP contribution in [0.5, 0.6) is 0 Å². The molecule has 0 spiro atoms. The van der Waals surface area contributed by atoms with Gasteiger partial charge in [-0.2, -0.15) is 0 Å². The van der Waals surface area contributed by atoms with Gasteiger partial charge in [0.2, 0.25) is 0 Å². The van der Waals surface area contributed by atoms with E-state index in [1.165, 1.54) is 0 Å². The van der Waals surface area contributed by atoms with Crippen LogP contribution >= 0.6 is 0 Å². The lowest BCUT2D eigenvalue weighted by Gasteiger charge is -2.26. The van der Waals surface area contributed by atoms with Crippen molar-refractivity contribution in [2.75, 3.05) is 0 Å². The molecule has 0 fully saturated rings.